The second kappa shape index (κ2) is 4.19. The highest BCUT2D eigenvalue weighted by Crippen LogP contribution is 2.58. The van der Waals surface area contributed by atoms with Crippen LogP contribution in [0, 0.1) is 17.3 Å². The van der Waals surface area contributed by atoms with E-state index in [1.54, 1.807) is 0 Å². The number of nitrogens with zero attached hydrogens (tertiary/aromatic N) is 1. The molecule has 104 valence electrons. The average molecular weight is 252 g/mol. The van der Waals surface area contributed by atoms with Crippen molar-refractivity contribution in [3.05, 3.63) is 0 Å². The molecule has 1 aliphatic heterocycles. The Kier molecular flexibility index (Phi) is 3.00. The minimum Gasteiger partial charge on any atom is -0.377 e. The molecule has 2 saturated carbocycles. The number of nitrogens with two attached hydrogens (primary N) is 1. The SMILES string of the molecule is CCN(CC1CC1)CC1(N)C2CCOC2C1(C)C. The second-order valence-corrected chi connectivity index (χ2v) is 7.22. The van der Waals surface area contributed by atoms with Crippen molar-refractivity contribution in [2.24, 2.45) is 23.0 Å². The van der Waals surface area contributed by atoms with Gasteiger partial charge in [-0.15, -0.1) is 0 Å². The van der Waals surface area contributed by atoms with Crippen molar-refractivity contribution in [1.29, 1.82) is 0 Å². The Bertz CT molecular complexity index is 326. The molecule has 3 heteroatoms. The summed E-state index contributed by atoms with van der Waals surface area (Å²) in [5.41, 5.74) is 6.90. The van der Waals surface area contributed by atoms with Gasteiger partial charge in [0.2, 0.25) is 0 Å². The molecule has 0 aromatic heterocycles. The van der Waals surface area contributed by atoms with E-state index in [-0.39, 0.29) is 11.0 Å². The smallest absolute Gasteiger partial charge is 0.0691 e. The highest BCUT2D eigenvalue weighted by Gasteiger charge is 2.67. The highest BCUT2D eigenvalue weighted by molar-refractivity contribution is 5.21. The monoisotopic (exact) mass is 252 g/mol. The third-order valence-electron chi connectivity index (χ3n) is 5.81. The molecule has 2 aliphatic carbocycles. The summed E-state index contributed by atoms with van der Waals surface area (Å²) < 4.78 is 5.87. The first-order valence-corrected chi connectivity index (χ1v) is 7.62. The zero-order valence-corrected chi connectivity index (χ0v) is 12.1. The summed E-state index contributed by atoms with van der Waals surface area (Å²) in [6, 6.07) is 0. The maximum atomic E-state index is 6.82. The fourth-order valence-corrected chi connectivity index (χ4v) is 4.14. The number of ether oxygens (including phenoxy) is 1. The van der Waals surface area contributed by atoms with Crippen LogP contribution in [0.3, 0.4) is 0 Å². The van der Waals surface area contributed by atoms with Gasteiger partial charge in [-0.3, -0.25) is 0 Å². The van der Waals surface area contributed by atoms with Gasteiger partial charge in [0.25, 0.3) is 0 Å². The van der Waals surface area contributed by atoms with Gasteiger partial charge in [-0.1, -0.05) is 20.8 Å². The maximum Gasteiger partial charge on any atom is 0.0691 e. The molecule has 0 aromatic carbocycles. The van der Waals surface area contributed by atoms with Gasteiger partial charge in [-0.05, 0) is 31.7 Å². The molecule has 0 bridgehead atoms. The number of likely N-dealkylation sites (N-methyl/N-ethyl adjacent to an activating group) is 1. The van der Waals surface area contributed by atoms with Crippen LogP contribution >= 0.6 is 0 Å². The van der Waals surface area contributed by atoms with E-state index in [1.165, 1.54) is 19.4 Å². The van der Waals surface area contributed by atoms with Crippen molar-refractivity contribution in [3.63, 3.8) is 0 Å². The lowest BCUT2D eigenvalue weighted by Gasteiger charge is -2.63. The van der Waals surface area contributed by atoms with Gasteiger partial charge in [-0.25, -0.2) is 0 Å². The lowest BCUT2D eigenvalue weighted by atomic mass is 9.48. The standard InChI is InChI=1S/C15H28N2O/c1-4-17(9-11-5-6-11)10-15(16)12-7-8-18-13(12)14(15,2)3/h11-13H,4-10,16H2,1-3H3. The van der Waals surface area contributed by atoms with Gasteiger partial charge < -0.3 is 15.4 Å². The molecule has 3 fully saturated rings. The first-order valence-electron chi connectivity index (χ1n) is 7.62. The summed E-state index contributed by atoms with van der Waals surface area (Å²) in [6.45, 7) is 11.2. The van der Waals surface area contributed by atoms with Crippen molar-refractivity contribution in [1.82, 2.24) is 4.90 Å². The molecule has 3 unspecified atom stereocenters. The third kappa shape index (κ3) is 1.75. The summed E-state index contributed by atoms with van der Waals surface area (Å²) in [5, 5.41) is 0. The minimum absolute atomic E-state index is 0.0426. The van der Waals surface area contributed by atoms with Crippen molar-refractivity contribution in [3.8, 4) is 0 Å². The Balaban J connectivity index is 1.69. The van der Waals surface area contributed by atoms with Crippen LogP contribution < -0.4 is 5.73 Å². The molecule has 0 aromatic rings. The molecule has 3 rings (SSSR count). The molecule has 1 heterocycles. The van der Waals surface area contributed by atoms with Gasteiger partial charge in [-0.2, -0.15) is 0 Å². The Morgan fingerprint density at radius 1 is 1.28 bits per heavy atom. The Hall–Kier alpha value is -0.120. The third-order valence-corrected chi connectivity index (χ3v) is 5.81. The quantitative estimate of drug-likeness (QED) is 0.811. The summed E-state index contributed by atoms with van der Waals surface area (Å²) >= 11 is 0. The van der Waals surface area contributed by atoms with Crippen LogP contribution in [0.5, 0.6) is 0 Å². The van der Waals surface area contributed by atoms with Crippen LogP contribution in [0.2, 0.25) is 0 Å². The van der Waals surface area contributed by atoms with E-state index in [0.717, 1.165) is 32.0 Å². The van der Waals surface area contributed by atoms with Crippen molar-refractivity contribution in [2.75, 3.05) is 26.2 Å². The van der Waals surface area contributed by atoms with Crippen LogP contribution in [0.4, 0.5) is 0 Å². The topological polar surface area (TPSA) is 38.5 Å². The molecule has 3 nitrogen and oxygen atoms in total. The number of fused-ring (bicyclic) bond motifs is 1. The van der Waals surface area contributed by atoms with Gasteiger partial charge in [0, 0.05) is 36.6 Å². The van der Waals surface area contributed by atoms with Crippen LogP contribution in [0.1, 0.15) is 40.0 Å². The average Bonchev–Trinajstić information content (AvgIpc) is 3.00. The van der Waals surface area contributed by atoms with Crippen LogP contribution in [0.25, 0.3) is 0 Å². The predicted molar refractivity (Wildman–Crippen MR) is 73.4 cm³/mol. The van der Waals surface area contributed by atoms with Crippen molar-refractivity contribution < 1.29 is 4.74 Å². The van der Waals surface area contributed by atoms with Gasteiger partial charge >= 0.3 is 0 Å². The molecule has 0 amide bonds. The number of hydrogen-bond acceptors (Lipinski definition) is 3. The predicted octanol–water partition coefficient (Wildman–Crippen LogP) is 1.86. The van der Waals surface area contributed by atoms with E-state index in [4.69, 9.17) is 10.5 Å². The molecule has 3 atom stereocenters. The van der Waals surface area contributed by atoms with Crippen molar-refractivity contribution in [2.45, 2.75) is 51.7 Å². The summed E-state index contributed by atoms with van der Waals surface area (Å²) in [4.78, 5) is 2.58. The highest BCUT2D eigenvalue weighted by atomic mass is 16.5. The van der Waals surface area contributed by atoms with Crippen LogP contribution in [-0.4, -0.2) is 42.8 Å². The van der Waals surface area contributed by atoms with E-state index in [9.17, 15) is 0 Å². The molecular formula is C15H28N2O. The molecule has 1 saturated heterocycles. The van der Waals surface area contributed by atoms with E-state index in [1.807, 2.05) is 0 Å². The Labute approximate surface area is 111 Å². The first-order chi connectivity index (χ1) is 8.49. The molecule has 2 N–H and O–H groups in total. The zero-order chi connectivity index (χ0) is 13.0. The second-order valence-electron chi connectivity index (χ2n) is 7.22. The van der Waals surface area contributed by atoms with E-state index in [2.05, 4.69) is 25.7 Å². The summed E-state index contributed by atoms with van der Waals surface area (Å²) in [5.74, 6) is 1.54. The molecule has 3 aliphatic rings. The lowest BCUT2D eigenvalue weighted by molar-refractivity contribution is -0.163. The number of hydrogen-bond donors (Lipinski definition) is 1. The minimum atomic E-state index is -0.0426. The number of rotatable bonds is 5. The van der Waals surface area contributed by atoms with E-state index in [0.29, 0.717) is 12.0 Å². The summed E-state index contributed by atoms with van der Waals surface area (Å²) in [6.07, 6.45) is 4.41. The first kappa shape index (κ1) is 12.9. The normalized spacial score (nSPS) is 41.8. The fourth-order valence-electron chi connectivity index (χ4n) is 4.14. The largest absolute Gasteiger partial charge is 0.377 e. The fraction of sp³-hybridized carbons (Fsp3) is 1.00. The van der Waals surface area contributed by atoms with E-state index < -0.39 is 0 Å². The zero-order valence-electron chi connectivity index (χ0n) is 12.1. The van der Waals surface area contributed by atoms with Crippen LogP contribution in [-0.2, 0) is 4.74 Å². The van der Waals surface area contributed by atoms with Gasteiger partial charge in [0.05, 0.1) is 6.10 Å². The molecule has 0 radical (unpaired) electrons. The lowest BCUT2D eigenvalue weighted by Crippen LogP contribution is -2.78. The maximum absolute atomic E-state index is 6.82. The van der Waals surface area contributed by atoms with E-state index >= 15 is 0 Å². The van der Waals surface area contributed by atoms with Gasteiger partial charge in [0.15, 0.2) is 0 Å². The van der Waals surface area contributed by atoms with Crippen LogP contribution in [0.15, 0.2) is 0 Å². The Morgan fingerprint density at radius 2 is 2.00 bits per heavy atom. The Morgan fingerprint density at radius 3 is 2.61 bits per heavy atom. The molecular weight excluding hydrogens is 224 g/mol. The molecule has 18 heavy (non-hydrogen) atoms. The molecule has 0 spiro atoms. The van der Waals surface area contributed by atoms with Gasteiger partial charge in [0.1, 0.15) is 0 Å². The van der Waals surface area contributed by atoms with Crippen molar-refractivity contribution >= 4 is 0 Å². The summed E-state index contributed by atoms with van der Waals surface area (Å²) in [7, 11) is 0.